The van der Waals surface area contributed by atoms with Crippen LogP contribution in [0.2, 0.25) is 0 Å². The summed E-state index contributed by atoms with van der Waals surface area (Å²) >= 11 is 3.32. The maximum atomic E-state index is 12.6. The van der Waals surface area contributed by atoms with E-state index in [1.165, 1.54) is 6.08 Å². The summed E-state index contributed by atoms with van der Waals surface area (Å²) in [4.78, 5) is 24.8. The summed E-state index contributed by atoms with van der Waals surface area (Å²) in [6.45, 7) is 0. The molecule has 0 saturated carbocycles. The lowest BCUT2D eigenvalue weighted by atomic mass is 10.1. The van der Waals surface area contributed by atoms with Crippen molar-refractivity contribution in [1.29, 1.82) is 5.26 Å². The molecule has 1 N–H and O–H groups in total. The minimum absolute atomic E-state index is 0.0391. The Bertz CT molecular complexity index is 1400. The molecule has 5 nitrogen and oxygen atoms in total. The highest BCUT2D eigenvalue weighted by Crippen LogP contribution is 2.21. The molecule has 0 heterocycles. The van der Waals surface area contributed by atoms with E-state index in [4.69, 9.17) is 4.74 Å². The molecule has 0 unspecified atom stereocenters. The predicted molar refractivity (Wildman–Crippen MR) is 132 cm³/mol. The van der Waals surface area contributed by atoms with Gasteiger partial charge in [-0.2, -0.15) is 5.26 Å². The van der Waals surface area contributed by atoms with Crippen LogP contribution in [0.25, 0.3) is 16.8 Å². The number of rotatable bonds is 5. The first-order chi connectivity index (χ1) is 16.0. The van der Waals surface area contributed by atoms with E-state index >= 15 is 0 Å². The number of nitriles is 1. The zero-order valence-corrected chi connectivity index (χ0v) is 18.9. The van der Waals surface area contributed by atoms with Crippen LogP contribution in [0.15, 0.2) is 101 Å². The van der Waals surface area contributed by atoms with Gasteiger partial charge in [0.2, 0.25) is 0 Å². The Morgan fingerprint density at radius 3 is 2.27 bits per heavy atom. The summed E-state index contributed by atoms with van der Waals surface area (Å²) in [6, 6.07) is 28.7. The summed E-state index contributed by atoms with van der Waals surface area (Å²) < 4.78 is 6.24. The van der Waals surface area contributed by atoms with Crippen LogP contribution < -0.4 is 10.1 Å². The highest BCUT2D eigenvalue weighted by atomic mass is 79.9. The number of amides is 1. The van der Waals surface area contributed by atoms with Gasteiger partial charge >= 0.3 is 5.97 Å². The van der Waals surface area contributed by atoms with E-state index in [0.717, 1.165) is 15.2 Å². The van der Waals surface area contributed by atoms with Crippen LogP contribution in [-0.2, 0) is 4.79 Å². The number of nitrogens with one attached hydrogen (secondary N) is 1. The first-order valence-corrected chi connectivity index (χ1v) is 10.8. The maximum Gasteiger partial charge on any atom is 0.343 e. The van der Waals surface area contributed by atoms with Gasteiger partial charge in [0.15, 0.2) is 0 Å². The van der Waals surface area contributed by atoms with Crippen molar-refractivity contribution in [2.45, 2.75) is 0 Å². The van der Waals surface area contributed by atoms with Gasteiger partial charge in [-0.1, -0.05) is 58.4 Å². The molecule has 4 rings (SSSR count). The Hall–Kier alpha value is -4.21. The number of carbonyl (C=O) groups is 2. The normalized spacial score (nSPS) is 11.0. The lowest BCUT2D eigenvalue weighted by Crippen LogP contribution is -2.13. The Balaban J connectivity index is 1.44. The van der Waals surface area contributed by atoms with E-state index in [1.54, 1.807) is 54.6 Å². The van der Waals surface area contributed by atoms with Crippen molar-refractivity contribution in [3.8, 4) is 11.8 Å². The highest BCUT2D eigenvalue weighted by molar-refractivity contribution is 9.10. The quantitative estimate of drug-likeness (QED) is 0.151. The molecule has 4 aromatic rings. The van der Waals surface area contributed by atoms with Crippen LogP contribution >= 0.6 is 15.9 Å². The van der Waals surface area contributed by atoms with Crippen molar-refractivity contribution in [3.05, 3.63) is 112 Å². The standard InChI is InChI=1S/C27H17BrN2O3/c28-23-10-7-20(8-11-23)27(32)33-25-13-5-18(6-14-25)15-22(17-29)26(31)30-24-12-9-19-3-1-2-4-21(19)16-24/h1-16H,(H,30,31)/b22-15+. The van der Waals surface area contributed by atoms with Crippen LogP contribution in [0.5, 0.6) is 5.75 Å². The molecule has 33 heavy (non-hydrogen) atoms. The smallest absolute Gasteiger partial charge is 0.343 e. The number of esters is 1. The summed E-state index contributed by atoms with van der Waals surface area (Å²) in [6.07, 6.45) is 1.48. The van der Waals surface area contributed by atoms with Crippen molar-refractivity contribution in [2.24, 2.45) is 0 Å². The minimum atomic E-state index is -0.501. The third-order valence-electron chi connectivity index (χ3n) is 4.85. The van der Waals surface area contributed by atoms with Crippen molar-refractivity contribution >= 4 is 50.3 Å². The molecule has 0 atom stereocenters. The second-order valence-corrected chi connectivity index (χ2v) is 8.07. The SMILES string of the molecule is N#C/C(=C\c1ccc(OC(=O)c2ccc(Br)cc2)cc1)C(=O)Nc1ccc2ccccc2c1. The first kappa shape index (κ1) is 22.0. The molecule has 0 aliphatic heterocycles. The molecular weight excluding hydrogens is 480 g/mol. The van der Waals surface area contributed by atoms with E-state index in [0.29, 0.717) is 22.6 Å². The zero-order valence-electron chi connectivity index (χ0n) is 17.3. The van der Waals surface area contributed by atoms with Crippen molar-refractivity contribution in [2.75, 3.05) is 5.32 Å². The molecule has 0 aliphatic carbocycles. The summed E-state index contributed by atoms with van der Waals surface area (Å²) in [5.41, 5.74) is 1.63. The zero-order chi connectivity index (χ0) is 23.2. The number of hydrogen-bond acceptors (Lipinski definition) is 4. The van der Waals surface area contributed by atoms with Crippen LogP contribution in [0.3, 0.4) is 0 Å². The topological polar surface area (TPSA) is 79.2 Å². The predicted octanol–water partition coefficient (Wildman–Crippen LogP) is 6.37. The molecule has 6 heteroatoms. The molecule has 0 aromatic heterocycles. The van der Waals surface area contributed by atoms with Gasteiger partial charge in [0, 0.05) is 10.2 Å². The van der Waals surface area contributed by atoms with Crippen LogP contribution in [0, 0.1) is 11.3 Å². The van der Waals surface area contributed by atoms with Gasteiger partial charge in [-0.3, -0.25) is 4.79 Å². The Kier molecular flexibility index (Phi) is 6.63. The third-order valence-corrected chi connectivity index (χ3v) is 5.38. The number of hydrogen-bond donors (Lipinski definition) is 1. The van der Waals surface area contributed by atoms with Crippen LogP contribution in [-0.4, -0.2) is 11.9 Å². The molecule has 4 aromatic carbocycles. The minimum Gasteiger partial charge on any atom is -0.423 e. The van der Waals surface area contributed by atoms with E-state index in [-0.39, 0.29) is 5.57 Å². The molecule has 0 fully saturated rings. The second-order valence-electron chi connectivity index (χ2n) is 7.15. The summed E-state index contributed by atoms with van der Waals surface area (Å²) in [7, 11) is 0. The number of carbonyl (C=O) groups excluding carboxylic acids is 2. The first-order valence-electron chi connectivity index (χ1n) is 10.0. The number of anilines is 1. The van der Waals surface area contributed by atoms with E-state index in [1.807, 2.05) is 42.5 Å². The molecule has 0 bridgehead atoms. The monoisotopic (exact) mass is 496 g/mol. The van der Waals surface area contributed by atoms with Crippen molar-refractivity contribution in [3.63, 3.8) is 0 Å². The maximum absolute atomic E-state index is 12.6. The lowest BCUT2D eigenvalue weighted by molar-refractivity contribution is -0.112. The Morgan fingerprint density at radius 1 is 0.879 bits per heavy atom. The lowest BCUT2D eigenvalue weighted by Gasteiger charge is -2.07. The fraction of sp³-hybridized carbons (Fsp3) is 0. The van der Waals surface area contributed by atoms with Gasteiger partial charge in [-0.05, 0) is 70.9 Å². The van der Waals surface area contributed by atoms with Gasteiger partial charge in [0.25, 0.3) is 5.91 Å². The molecule has 0 spiro atoms. The molecule has 160 valence electrons. The fourth-order valence-electron chi connectivity index (χ4n) is 3.16. The van der Waals surface area contributed by atoms with E-state index in [9.17, 15) is 14.9 Å². The van der Waals surface area contributed by atoms with Gasteiger partial charge in [-0.25, -0.2) is 4.79 Å². The molecule has 0 radical (unpaired) electrons. The number of nitrogens with zero attached hydrogens (tertiary/aromatic N) is 1. The molecule has 0 aliphatic rings. The third kappa shape index (κ3) is 5.53. The van der Waals surface area contributed by atoms with Gasteiger partial charge in [0.05, 0.1) is 5.56 Å². The summed E-state index contributed by atoms with van der Waals surface area (Å²) in [5, 5.41) is 14.3. The number of benzene rings is 4. The van der Waals surface area contributed by atoms with E-state index in [2.05, 4.69) is 21.2 Å². The van der Waals surface area contributed by atoms with E-state index < -0.39 is 11.9 Å². The molecule has 1 amide bonds. The largest absolute Gasteiger partial charge is 0.423 e. The molecule has 0 saturated heterocycles. The number of ether oxygens (including phenoxy) is 1. The van der Waals surface area contributed by atoms with Crippen LogP contribution in [0.1, 0.15) is 15.9 Å². The number of halogens is 1. The van der Waals surface area contributed by atoms with Crippen molar-refractivity contribution in [1.82, 2.24) is 0 Å². The summed E-state index contributed by atoms with van der Waals surface area (Å²) in [5.74, 6) is -0.615. The van der Waals surface area contributed by atoms with Gasteiger partial charge < -0.3 is 10.1 Å². The van der Waals surface area contributed by atoms with Crippen LogP contribution in [0.4, 0.5) is 5.69 Å². The van der Waals surface area contributed by atoms with Gasteiger partial charge in [0.1, 0.15) is 17.4 Å². The molecular formula is C27H17BrN2O3. The average molecular weight is 497 g/mol. The van der Waals surface area contributed by atoms with Gasteiger partial charge in [-0.15, -0.1) is 0 Å². The Labute approximate surface area is 199 Å². The average Bonchev–Trinajstić information content (AvgIpc) is 2.83. The fourth-order valence-corrected chi connectivity index (χ4v) is 3.43. The van der Waals surface area contributed by atoms with Crippen molar-refractivity contribution < 1.29 is 14.3 Å². The number of fused-ring (bicyclic) bond motifs is 1. The Morgan fingerprint density at radius 2 is 1.58 bits per heavy atom. The second kappa shape index (κ2) is 9.94. The highest BCUT2D eigenvalue weighted by Gasteiger charge is 2.11.